The number of amides is 2. The van der Waals surface area contributed by atoms with Crippen molar-refractivity contribution in [1.82, 2.24) is 10.2 Å². The summed E-state index contributed by atoms with van der Waals surface area (Å²) in [5.41, 5.74) is 8.80. The van der Waals surface area contributed by atoms with Crippen LogP contribution < -0.4 is 11.1 Å². The second kappa shape index (κ2) is 10.9. The van der Waals surface area contributed by atoms with Gasteiger partial charge in [-0.25, -0.2) is 0 Å². The van der Waals surface area contributed by atoms with E-state index in [1.807, 2.05) is 24.3 Å². The van der Waals surface area contributed by atoms with Crippen LogP contribution in [0.2, 0.25) is 0 Å². The van der Waals surface area contributed by atoms with Crippen LogP contribution in [0.4, 0.5) is 0 Å². The number of hydrogen-bond donors (Lipinski definition) is 3. The second-order valence-corrected chi connectivity index (χ2v) is 7.36. The molecule has 7 heteroatoms. The lowest BCUT2D eigenvalue weighted by Gasteiger charge is -2.27. The molecule has 30 heavy (non-hydrogen) atoms. The number of morpholine rings is 1. The minimum atomic E-state index is -0.669. The number of aliphatic hydroxyl groups excluding tert-OH is 1. The Morgan fingerprint density at radius 1 is 1.07 bits per heavy atom. The first kappa shape index (κ1) is 22.0. The van der Waals surface area contributed by atoms with Crippen LogP contribution in [0.15, 0.2) is 48.5 Å². The van der Waals surface area contributed by atoms with E-state index in [1.54, 1.807) is 29.2 Å². The molecule has 1 saturated heterocycles. The molecule has 0 aromatic heterocycles. The first-order valence-corrected chi connectivity index (χ1v) is 10.3. The van der Waals surface area contributed by atoms with Crippen LogP contribution in [0.5, 0.6) is 0 Å². The van der Waals surface area contributed by atoms with Gasteiger partial charge in [0.1, 0.15) is 0 Å². The number of benzene rings is 2. The number of carbonyl (C=O) groups excluding carboxylic acids is 2. The van der Waals surface area contributed by atoms with Gasteiger partial charge in [-0.3, -0.25) is 9.59 Å². The summed E-state index contributed by atoms with van der Waals surface area (Å²) < 4.78 is 5.28. The van der Waals surface area contributed by atoms with Gasteiger partial charge in [-0.05, 0) is 42.2 Å². The van der Waals surface area contributed by atoms with Crippen molar-refractivity contribution >= 4 is 11.8 Å². The highest BCUT2D eigenvalue weighted by Crippen LogP contribution is 2.13. The van der Waals surface area contributed by atoms with Crippen LogP contribution in [0.25, 0.3) is 0 Å². The summed E-state index contributed by atoms with van der Waals surface area (Å²) in [7, 11) is 0. The molecule has 7 nitrogen and oxygen atoms in total. The smallest absolute Gasteiger partial charge is 0.254 e. The maximum Gasteiger partial charge on any atom is 0.254 e. The van der Waals surface area contributed by atoms with Gasteiger partial charge in [0.05, 0.1) is 19.3 Å². The van der Waals surface area contributed by atoms with Gasteiger partial charge in [-0.2, -0.15) is 0 Å². The maximum absolute atomic E-state index is 12.6. The molecular formula is C23H29N3O4. The normalized spacial score (nSPS) is 14.9. The molecule has 1 fully saturated rings. The van der Waals surface area contributed by atoms with Crippen molar-refractivity contribution in [2.45, 2.75) is 25.5 Å². The van der Waals surface area contributed by atoms with Gasteiger partial charge in [-0.1, -0.05) is 30.3 Å². The Morgan fingerprint density at radius 3 is 2.50 bits per heavy atom. The van der Waals surface area contributed by atoms with Crippen molar-refractivity contribution in [3.63, 3.8) is 0 Å². The predicted molar refractivity (Wildman–Crippen MR) is 114 cm³/mol. The number of aliphatic hydroxyl groups is 1. The number of nitrogens with zero attached hydrogens (tertiary/aromatic N) is 1. The van der Waals surface area contributed by atoms with E-state index in [0.29, 0.717) is 56.8 Å². The Balaban J connectivity index is 1.51. The topological polar surface area (TPSA) is 105 Å². The molecule has 2 aromatic carbocycles. The highest BCUT2D eigenvalue weighted by molar-refractivity contribution is 5.99. The predicted octanol–water partition coefficient (Wildman–Crippen LogP) is 1.34. The van der Waals surface area contributed by atoms with Gasteiger partial charge in [0.25, 0.3) is 11.8 Å². The molecule has 3 rings (SSSR count). The number of carbonyl (C=O) groups is 2. The van der Waals surface area contributed by atoms with Crippen molar-refractivity contribution in [2.75, 3.05) is 32.8 Å². The van der Waals surface area contributed by atoms with Gasteiger partial charge in [0, 0.05) is 37.3 Å². The molecule has 2 aromatic rings. The number of nitrogens with one attached hydrogen (secondary N) is 1. The van der Waals surface area contributed by atoms with E-state index < -0.39 is 6.10 Å². The van der Waals surface area contributed by atoms with Crippen molar-refractivity contribution in [2.24, 2.45) is 5.73 Å². The van der Waals surface area contributed by atoms with E-state index in [4.69, 9.17) is 10.5 Å². The lowest BCUT2D eigenvalue weighted by molar-refractivity contribution is 0.0303. The minimum absolute atomic E-state index is 0.105. The van der Waals surface area contributed by atoms with Gasteiger partial charge < -0.3 is 25.8 Å². The van der Waals surface area contributed by atoms with Gasteiger partial charge in [0.2, 0.25) is 0 Å². The highest BCUT2D eigenvalue weighted by Gasteiger charge is 2.19. The third-order valence-corrected chi connectivity index (χ3v) is 5.25. The molecular weight excluding hydrogens is 382 g/mol. The largest absolute Gasteiger partial charge is 0.391 e. The third kappa shape index (κ3) is 5.89. The van der Waals surface area contributed by atoms with E-state index in [9.17, 15) is 14.7 Å². The molecule has 0 saturated carbocycles. The number of ether oxygens (including phenoxy) is 1. The van der Waals surface area contributed by atoms with Crippen LogP contribution in [-0.4, -0.2) is 60.8 Å². The third-order valence-electron chi connectivity index (χ3n) is 5.25. The first-order chi connectivity index (χ1) is 14.6. The molecule has 1 aliphatic rings. The van der Waals surface area contributed by atoms with Gasteiger partial charge in [0.15, 0.2) is 0 Å². The minimum Gasteiger partial charge on any atom is -0.391 e. The monoisotopic (exact) mass is 411 g/mol. The zero-order valence-corrected chi connectivity index (χ0v) is 17.0. The van der Waals surface area contributed by atoms with E-state index in [-0.39, 0.29) is 18.4 Å². The van der Waals surface area contributed by atoms with E-state index in [2.05, 4.69) is 5.32 Å². The molecule has 0 spiro atoms. The molecule has 1 aliphatic heterocycles. The van der Waals surface area contributed by atoms with Crippen LogP contribution in [0.1, 0.15) is 38.3 Å². The molecule has 4 N–H and O–H groups in total. The Labute approximate surface area is 176 Å². The average Bonchev–Trinajstić information content (AvgIpc) is 2.81. The Kier molecular flexibility index (Phi) is 7.96. The maximum atomic E-state index is 12.6. The van der Waals surface area contributed by atoms with Gasteiger partial charge >= 0.3 is 0 Å². The summed E-state index contributed by atoms with van der Waals surface area (Å²) in [5, 5.41) is 13.0. The first-order valence-electron chi connectivity index (χ1n) is 10.3. The Bertz CT molecular complexity index is 865. The zero-order chi connectivity index (χ0) is 21.3. The number of aryl methyl sites for hydroxylation is 1. The fraction of sp³-hybridized carbons (Fsp3) is 0.391. The molecule has 0 aliphatic carbocycles. The highest BCUT2D eigenvalue weighted by atomic mass is 16.5. The van der Waals surface area contributed by atoms with Crippen molar-refractivity contribution in [1.29, 1.82) is 0 Å². The molecule has 1 unspecified atom stereocenters. The Hall–Kier alpha value is -2.74. The standard InChI is InChI=1S/C23H29N3O4/c24-15-20-5-2-1-4-17(20)8-9-21(27)16-25-22(28)18-6-3-7-19(14-18)23(29)26-10-12-30-13-11-26/h1-7,14,21,27H,8-13,15-16,24H2,(H,25,28). The summed E-state index contributed by atoms with van der Waals surface area (Å²) in [5.74, 6) is -0.417. The summed E-state index contributed by atoms with van der Waals surface area (Å²) in [6, 6.07) is 14.5. The summed E-state index contributed by atoms with van der Waals surface area (Å²) in [6.45, 7) is 2.76. The van der Waals surface area contributed by atoms with E-state index in [0.717, 1.165) is 11.1 Å². The Morgan fingerprint density at radius 2 is 1.77 bits per heavy atom. The fourth-order valence-corrected chi connectivity index (χ4v) is 3.48. The number of hydrogen-bond acceptors (Lipinski definition) is 5. The average molecular weight is 412 g/mol. The quantitative estimate of drug-likeness (QED) is 0.608. The second-order valence-electron chi connectivity index (χ2n) is 7.36. The van der Waals surface area contributed by atoms with Crippen LogP contribution in [0.3, 0.4) is 0 Å². The lowest BCUT2D eigenvalue weighted by atomic mass is 10.0. The number of nitrogens with two attached hydrogens (primary N) is 1. The van der Waals surface area contributed by atoms with Crippen molar-refractivity contribution in [3.05, 3.63) is 70.8 Å². The number of rotatable bonds is 8. The SMILES string of the molecule is NCc1ccccc1CCC(O)CNC(=O)c1cccc(C(=O)N2CCOCC2)c1. The van der Waals surface area contributed by atoms with E-state index in [1.165, 1.54) is 0 Å². The molecule has 2 amide bonds. The lowest BCUT2D eigenvalue weighted by Crippen LogP contribution is -2.40. The summed E-state index contributed by atoms with van der Waals surface area (Å²) >= 11 is 0. The zero-order valence-electron chi connectivity index (χ0n) is 17.0. The van der Waals surface area contributed by atoms with Crippen LogP contribution in [0, 0.1) is 0 Å². The molecule has 0 bridgehead atoms. The van der Waals surface area contributed by atoms with Gasteiger partial charge in [-0.15, -0.1) is 0 Å². The van der Waals surface area contributed by atoms with E-state index >= 15 is 0 Å². The van der Waals surface area contributed by atoms with Crippen LogP contribution >= 0.6 is 0 Å². The van der Waals surface area contributed by atoms with Crippen molar-refractivity contribution in [3.8, 4) is 0 Å². The summed E-state index contributed by atoms with van der Waals surface area (Å²) in [6.07, 6.45) is 0.541. The van der Waals surface area contributed by atoms with Crippen LogP contribution in [-0.2, 0) is 17.7 Å². The fourth-order valence-electron chi connectivity index (χ4n) is 3.48. The van der Waals surface area contributed by atoms with Crippen molar-refractivity contribution < 1.29 is 19.4 Å². The molecule has 0 radical (unpaired) electrons. The molecule has 160 valence electrons. The summed E-state index contributed by atoms with van der Waals surface area (Å²) in [4.78, 5) is 26.8. The molecule has 1 heterocycles. The molecule has 1 atom stereocenters.